The second-order valence-electron chi connectivity index (χ2n) is 6.53. The normalized spacial score (nSPS) is 28.2. The molecule has 6 heteroatoms. The van der Waals surface area contributed by atoms with Gasteiger partial charge in [0, 0.05) is 44.6 Å². The van der Waals surface area contributed by atoms with Gasteiger partial charge >= 0.3 is 6.09 Å². The third-order valence-corrected chi connectivity index (χ3v) is 3.43. The van der Waals surface area contributed by atoms with Crippen LogP contribution in [0.2, 0.25) is 0 Å². The van der Waals surface area contributed by atoms with Crippen LogP contribution in [-0.2, 0) is 9.53 Å². The molecule has 2 aliphatic heterocycles. The zero-order chi connectivity index (χ0) is 14.1. The zero-order valence-corrected chi connectivity index (χ0v) is 11.9. The van der Waals surface area contributed by atoms with Gasteiger partial charge in [0.15, 0.2) is 0 Å². The maximum Gasteiger partial charge on any atom is 0.410 e. The molecule has 2 fully saturated rings. The molecule has 19 heavy (non-hydrogen) atoms. The summed E-state index contributed by atoms with van der Waals surface area (Å²) in [5.74, 6) is 0.0628. The summed E-state index contributed by atoms with van der Waals surface area (Å²) in [4.78, 5) is 25.3. The van der Waals surface area contributed by atoms with Crippen molar-refractivity contribution < 1.29 is 14.3 Å². The zero-order valence-electron chi connectivity index (χ0n) is 11.9. The van der Waals surface area contributed by atoms with Gasteiger partial charge in [-0.25, -0.2) is 4.79 Å². The van der Waals surface area contributed by atoms with Crippen molar-refractivity contribution in [2.75, 3.05) is 32.7 Å². The van der Waals surface area contributed by atoms with Gasteiger partial charge in [0.05, 0.1) is 0 Å². The molecular formula is C13H23N3O3. The molecule has 0 aliphatic carbocycles. The average molecular weight is 269 g/mol. The van der Waals surface area contributed by atoms with Gasteiger partial charge in [-0.05, 0) is 20.8 Å². The summed E-state index contributed by atoms with van der Waals surface area (Å²) >= 11 is 0. The van der Waals surface area contributed by atoms with Crippen molar-refractivity contribution in [2.45, 2.75) is 32.8 Å². The van der Waals surface area contributed by atoms with E-state index in [0.717, 1.165) is 13.1 Å². The largest absolute Gasteiger partial charge is 0.444 e. The molecule has 0 bridgehead atoms. The molecule has 0 aromatic carbocycles. The molecule has 2 aliphatic rings. The van der Waals surface area contributed by atoms with E-state index in [9.17, 15) is 9.59 Å². The Hall–Kier alpha value is -1.30. The van der Waals surface area contributed by atoms with Crippen molar-refractivity contribution in [1.29, 1.82) is 0 Å². The van der Waals surface area contributed by atoms with Crippen LogP contribution in [0.25, 0.3) is 0 Å². The van der Waals surface area contributed by atoms with Gasteiger partial charge in [0.25, 0.3) is 0 Å². The summed E-state index contributed by atoms with van der Waals surface area (Å²) in [5.41, 5.74) is -0.682. The number of rotatable bonds is 0. The first-order chi connectivity index (χ1) is 8.80. The second-order valence-corrected chi connectivity index (χ2v) is 6.53. The quantitative estimate of drug-likeness (QED) is 0.665. The molecule has 0 aromatic heterocycles. The number of ether oxygens (including phenoxy) is 1. The maximum atomic E-state index is 12.2. The van der Waals surface area contributed by atoms with Crippen molar-refractivity contribution >= 4 is 12.0 Å². The van der Waals surface area contributed by atoms with E-state index in [1.165, 1.54) is 0 Å². The van der Waals surface area contributed by atoms with Crippen molar-refractivity contribution in [2.24, 2.45) is 5.41 Å². The molecule has 108 valence electrons. The highest BCUT2D eigenvalue weighted by molar-refractivity contribution is 5.79. The molecule has 1 unspecified atom stereocenters. The van der Waals surface area contributed by atoms with E-state index in [1.54, 1.807) is 4.90 Å². The molecule has 2 heterocycles. The summed E-state index contributed by atoms with van der Waals surface area (Å²) in [6.07, 6.45) is 0.175. The monoisotopic (exact) mass is 269 g/mol. The number of hydrogen-bond donors (Lipinski definition) is 2. The fourth-order valence-electron chi connectivity index (χ4n) is 2.58. The number of carbonyl (C=O) groups excluding carboxylic acids is 2. The molecule has 6 nitrogen and oxygen atoms in total. The van der Waals surface area contributed by atoms with Crippen LogP contribution in [0.15, 0.2) is 0 Å². The van der Waals surface area contributed by atoms with E-state index in [-0.39, 0.29) is 17.4 Å². The van der Waals surface area contributed by atoms with Crippen molar-refractivity contribution in [3.8, 4) is 0 Å². The number of carbonyl (C=O) groups is 2. The highest BCUT2D eigenvalue weighted by Crippen LogP contribution is 2.28. The number of hydrogen-bond acceptors (Lipinski definition) is 4. The Morgan fingerprint density at radius 2 is 2.11 bits per heavy atom. The van der Waals surface area contributed by atoms with Gasteiger partial charge < -0.3 is 20.3 Å². The minimum atomic E-state index is -0.492. The topological polar surface area (TPSA) is 70.7 Å². The van der Waals surface area contributed by atoms with Crippen LogP contribution in [0, 0.1) is 5.41 Å². The Balaban J connectivity index is 2.04. The molecule has 0 saturated carbocycles. The third kappa shape index (κ3) is 3.59. The smallest absolute Gasteiger partial charge is 0.410 e. The minimum Gasteiger partial charge on any atom is -0.444 e. The van der Waals surface area contributed by atoms with Crippen LogP contribution < -0.4 is 10.6 Å². The number of nitrogens with one attached hydrogen (secondary N) is 2. The fraction of sp³-hybridized carbons (Fsp3) is 0.846. The molecule has 0 radical (unpaired) electrons. The predicted molar refractivity (Wildman–Crippen MR) is 70.7 cm³/mol. The summed E-state index contributed by atoms with van der Waals surface area (Å²) in [6, 6.07) is 0. The van der Waals surface area contributed by atoms with E-state index in [2.05, 4.69) is 10.6 Å². The third-order valence-electron chi connectivity index (χ3n) is 3.43. The van der Waals surface area contributed by atoms with Crippen LogP contribution in [-0.4, -0.2) is 55.2 Å². The van der Waals surface area contributed by atoms with Crippen LogP contribution in [0.5, 0.6) is 0 Å². The minimum absolute atomic E-state index is 0.0628. The summed E-state index contributed by atoms with van der Waals surface area (Å²) < 4.78 is 5.42. The summed E-state index contributed by atoms with van der Waals surface area (Å²) in [7, 11) is 0. The Labute approximate surface area is 113 Å². The van der Waals surface area contributed by atoms with E-state index >= 15 is 0 Å². The van der Waals surface area contributed by atoms with Crippen LogP contribution in [0.4, 0.5) is 4.79 Å². The Morgan fingerprint density at radius 1 is 1.37 bits per heavy atom. The SMILES string of the molecule is CC(C)(C)OC(=O)N1CCNCC2(CNC(=O)C2)C1. The average Bonchev–Trinajstić information content (AvgIpc) is 2.51. The van der Waals surface area contributed by atoms with E-state index in [4.69, 9.17) is 4.74 Å². The lowest BCUT2D eigenvalue weighted by atomic mass is 9.86. The molecule has 2 N–H and O–H groups in total. The lowest BCUT2D eigenvalue weighted by Crippen LogP contribution is -2.45. The number of amides is 2. The first-order valence-electron chi connectivity index (χ1n) is 6.75. The van der Waals surface area contributed by atoms with E-state index < -0.39 is 5.60 Å². The molecule has 2 rings (SSSR count). The van der Waals surface area contributed by atoms with Crippen LogP contribution >= 0.6 is 0 Å². The Kier molecular flexibility index (Phi) is 3.71. The van der Waals surface area contributed by atoms with Gasteiger partial charge in [-0.3, -0.25) is 4.79 Å². The second kappa shape index (κ2) is 5.00. The molecule has 1 atom stereocenters. The van der Waals surface area contributed by atoms with Crippen LogP contribution in [0.3, 0.4) is 0 Å². The van der Waals surface area contributed by atoms with Crippen molar-refractivity contribution in [3.05, 3.63) is 0 Å². The van der Waals surface area contributed by atoms with Crippen molar-refractivity contribution in [3.63, 3.8) is 0 Å². The summed E-state index contributed by atoms with van der Waals surface area (Å²) in [6.45, 7) is 8.86. The van der Waals surface area contributed by atoms with Crippen LogP contribution in [0.1, 0.15) is 27.2 Å². The Bertz CT molecular complexity index is 378. The molecule has 1 spiro atoms. The fourth-order valence-corrected chi connectivity index (χ4v) is 2.58. The molecule has 2 amide bonds. The predicted octanol–water partition coefficient (Wildman–Crippen LogP) is 0.333. The van der Waals surface area contributed by atoms with Crippen molar-refractivity contribution in [1.82, 2.24) is 15.5 Å². The summed E-state index contributed by atoms with van der Waals surface area (Å²) in [5, 5.41) is 6.16. The molecule has 2 saturated heterocycles. The lowest BCUT2D eigenvalue weighted by Gasteiger charge is -2.32. The van der Waals surface area contributed by atoms with Gasteiger partial charge in [-0.1, -0.05) is 0 Å². The highest BCUT2D eigenvalue weighted by Gasteiger charge is 2.42. The standard InChI is InChI=1S/C13H23N3O3/c1-12(2,3)19-11(18)16-5-4-14-7-13(9-16)6-10(17)15-8-13/h14H,4-9H2,1-3H3,(H,15,17). The van der Waals surface area contributed by atoms with Gasteiger partial charge in [-0.15, -0.1) is 0 Å². The molecule has 0 aromatic rings. The number of nitrogens with zero attached hydrogens (tertiary/aromatic N) is 1. The van der Waals surface area contributed by atoms with Gasteiger partial charge in [0.2, 0.25) is 5.91 Å². The first kappa shape index (κ1) is 14.1. The molecular weight excluding hydrogens is 246 g/mol. The van der Waals surface area contributed by atoms with E-state index in [0.29, 0.717) is 26.1 Å². The van der Waals surface area contributed by atoms with Gasteiger partial charge in [-0.2, -0.15) is 0 Å². The van der Waals surface area contributed by atoms with E-state index in [1.807, 2.05) is 20.8 Å². The highest BCUT2D eigenvalue weighted by atomic mass is 16.6. The Morgan fingerprint density at radius 3 is 2.68 bits per heavy atom. The van der Waals surface area contributed by atoms with Gasteiger partial charge in [0.1, 0.15) is 5.60 Å². The maximum absolute atomic E-state index is 12.2. The first-order valence-corrected chi connectivity index (χ1v) is 6.75. The lowest BCUT2D eigenvalue weighted by molar-refractivity contribution is -0.119.